The molecule has 3 rings (SSSR count). The van der Waals surface area contributed by atoms with Gasteiger partial charge in [-0.15, -0.1) is 0 Å². The quantitative estimate of drug-likeness (QED) is 0.784. The Bertz CT molecular complexity index is 1080. The Kier molecular flexibility index (Phi) is 4.53. The van der Waals surface area contributed by atoms with Crippen molar-refractivity contribution in [2.45, 2.75) is 16.2 Å². The van der Waals surface area contributed by atoms with E-state index in [-0.39, 0.29) is 34.0 Å². The van der Waals surface area contributed by atoms with Crippen LogP contribution in [0.1, 0.15) is 5.56 Å². The summed E-state index contributed by atoms with van der Waals surface area (Å²) in [7, 11) is -5.34. The first-order valence-electron chi connectivity index (χ1n) is 7.58. The van der Waals surface area contributed by atoms with E-state index in [1.54, 1.807) is 0 Å². The molecule has 1 aliphatic heterocycles. The van der Waals surface area contributed by atoms with Crippen molar-refractivity contribution in [3.05, 3.63) is 53.6 Å². The summed E-state index contributed by atoms with van der Waals surface area (Å²) in [5.74, 6) is -1.69. The van der Waals surface area contributed by atoms with Crippen LogP contribution in [-0.2, 0) is 26.5 Å². The Morgan fingerprint density at radius 3 is 2.31 bits per heavy atom. The van der Waals surface area contributed by atoms with Crippen LogP contribution in [-0.4, -0.2) is 41.8 Å². The number of anilines is 1. The topological polar surface area (TPSA) is 74.8 Å². The maximum Gasteiger partial charge on any atom is 0.264 e. The smallest absolute Gasteiger partial charge is 0.264 e. The van der Waals surface area contributed by atoms with Crippen molar-refractivity contribution < 1.29 is 25.6 Å². The highest BCUT2D eigenvalue weighted by atomic mass is 32.2. The van der Waals surface area contributed by atoms with E-state index in [1.807, 2.05) is 0 Å². The summed E-state index contributed by atoms with van der Waals surface area (Å²) in [5.41, 5.74) is 0.0513. The van der Waals surface area contributed by atoms with Crippen LogP contribution < -0.4 is 4.31 Å². The van der Waals surface area contributed by atoms with Gasteiger partial charge in [0, 0.05) is 32.3 Å². The van der Waals surface area contributed by atoms with E-state index in [0.717, 1.165) is 20.7 Å². The predicted molar refractivity (Wildman–Crippen MR) is 91.9 cm³/mol. The van der Waals surface area contributed by atoms with Gasteiger partial charge in [-0.3, -0.25) is 4.31 Å². The third-order valence-corrected chi connectivity index (χ3v) is 7.76. The molecule has 0 radical (unpaired) electrons. The molecule has 0 bridgehead atoms. The molecule has 0 spiro atoms. The molecule has 0 saturated carbocycles. The molecule has 10 heteroatoms. The van der Waals surface area contributed by atoms with Crippen LogP contribution in [0, 0.1) is 11.6 Å². The third kappa shape index (κ3) is 2.97. The third-order valence-electron chi connectivity index (χ3n) is 4.14. The highest BCUT2D eigenvalue weighted by Gasteiger charge is 2.33. The van der Waals surface area contributed by atoms with Crippen molar-refractivity contribution in [1.82, 2.24) is 4.31 Å². The molecule has 0 fully saturated rings. The molecule has 26 heavy (non-hydrogen) atoms. The average Bonchev–Trinajstić information content (AvgIpc) is 2.99. The van der Waals surface area contributed by atoms with Crippen molar-refractivity contribution in [3.8, 4) is 0 Å². The Morgan fingerprint density at radius 2 is 1.65 bits per heavy atom. The number of hydrogen-bond donors (Lipinski definition) is 0. The number of nitrogens with zero attached hydrogens (tertiary/aromatic N) is 2. The molecular formula is C16H16F2N2O4S2. The Balaban J connectivity index is 2.10. The van der Waals surface area contributed by atoms with Gasteiger partial charge < -0.3 is 0 Å². The van der Waals surface area contributed by atoms with Gasteiger partial charge in [-0.05, 0) is 30.7 Å². The van der Waals surface area contributed by atoms with E-state index in [2.05, 4.69) is 0 Å². The first-order chi connectivity index (χ1) is 12.0. The molecule has 0 aliphatic carbocycles. The lowest BCUT2D eigenvalue weighted by molar-refractivity contribution is 0.520. The zero-order valence-electron chi connectivity index (χ0n) is 14.0. The van der Waals surface area contributed by atoms with Gasteiger partial charge in [0.25, 0.3) is 10.0 Å². The standard InChI is InChI=1S/C16H16F2N2O4S2/c1-19(2)25(21,22)12-4-3-5-13(10-12)26(23,24)20-7-6-14-15(18)8-11(17)9-16(14)20/h3-5,8-10H,6-7H2,1-2H3. The minimum absolute atomic E-state index is 0.0529. The fourth-order valence-corrected chi connectivity index (χ4v) is 5.33. The summed E-state index contributed by atoms with van der Waals surface area (Å²) in [6.07, 6.45) is 0.108. The van der Waals surface area contributed by atoms with E-state index < -0.39 is 31.7 Å². The zero-order valence-corrected chi connectivity index (χ0v) is 15.6. The van der Waals surface area contributed by atoms with E-state index in [9.17, 15) is 25.6 Å². The summed E-state index contributed by atoms with van der Waals surface area (Å²) < 4.78 is 79.7. The van der Waals surface area contributed by atoms with Gasteiger partial charge >= 0.3 is 0 Å². The van der Waals surface area contributed by atoms with Crippen molar-refractivity contribution in [3.63, 3.8) is 0 Å². The summed E-state index contributed by atoms with van der Waals surface area (Å²) in [4.78, 5) is -0.452. The lowest BCUT2D eigenvalue weighted by Gasteiger charge is -2.20. The Labute approximate surface area is 150 Å². The maximum absolute atomic E-state index is 13.9. The summed E-state index contributed by atoms with van der Waals surface area (Å²) in [6, 6.07) is 6.55. The summed E-state index contributed by atoms with van der Waals surface area (Å²) >= 11 is 0. The molecule has 0 N–H and O–H groups in total. The lowest BCUT2D eigenvalue weighted by Crippen LogP contribution is -2.29. The minimum Gasteiger partial charge on any atom is -0.266 e. The van der Waals surface area contributed by atoms with Gasteiger partial charge in [0.05, 0.1) is 15.5 Å². The molecule has 140 valence electrons. The van der Waals surface area contributed by atoms with Gasteiger partial charge in [-0.2, -0.15) is 0 Å². The van der Waals surface area contributed by atoms with Crippen LogP contribution in [0.15, 0.2) is 46.2 Å². The van der Waals surface area contributed by atoms with E-state index >= 15 is 0 Å². The van der Waals surface area contributed by atoms with Crippen LogP contribution in [0.25, 0.3) is 0 Å². The van der Waals surface area contributed by atoms with Gasteiger partial charge in [-0.1, -0.05) is 6.07 Å². The molecule has 0 unspecified atom stereocenters. The Hall–Kier alpha value is -2.04. The normalized spacial score (nSPS) is 14.7. The number of hydrogen-bond acceptors (Lipinski definition) is 4. The van der Waals surface area contributed by atoms with E-state index in [1.165, 1.54) is 32.3 Å². The molecule has 2 aromatic carbocycles. The number of fused-ring (bicyclic) bond motifs is 1. The van der Waals surface area contributed by atoms with Gasteiger partial charge in [0.15, 0.2) is 0 Å². The Morgan fingerprint density at radius 1 is 1.00 bits per heavy atom. The number of benzene rings is 2. The van der Waals surface area contributed by atoms with Crippen molar-refractivity contribution in [2.24, 2.45) is 0 Å². The molecule has 0 saturated heterocycles. The molecule has 6 nitrogen and oxygen atoms in total. The highest BCUT2D eigenvalue weighted by molar-refractivity contribution is 7.93. The van der Waals surface area contributed by atoms with Crippen LogP contribution >= 0.6 is 0 Å². The highest BCUT2D eigenvalue weighted by Crippen LogP contribution is 2.35. The SMILES string of the molecule is CN(C)S(=O)(=O)c1cccc(S(=O)(=O)N2CCc3c(F)cc(F)cc32)c1. The number of rotatable bonds is 4. The second kappa shape index (κ2) is 6.29. The van der Waals surface area contributed by atoms with Crippen LogP contribution in [0.3, 0.4) is 0 Å². The average molecular weight is 402 g/mol. The fraction of sp³-hybridized carbons (Fsp3) is 0.250. The summed E-state index contributed by atoms with van der Waals surface area (Å²) in [5, 5.41) is 0. The number of halogens is 2. The van der Waals surface area contributed by atoms with E-state index in [4.69, 9.17) is 0 Å². The second-order valence-corrected chi connectivity index (χ2v) is 9.99. The first-order valence-corrected chi connectivity index (χ1v) is 10.5. The van der Waals surface area contributed by atoms with Gasteiger partial charge in [-0.25, -0.2) is 29.9 Å². The second-order valence-electron chi connectivity index (χ2n) is 5.97. The zero-order chi connectivity index (χ0) is 19.3. The lowest BCUT2D eigenvalue weighted by atomic mass is 10.1. The van der Waals surface area contributed by atoms with Gasteiger partial charge in [0.1, 0.15) is 11.6 Å². The first kappa shape index (κ1) is 18.7. The molecule has 2 aromatic rings. The molecule has 0 amide bonds. The van der Waals surface area contributed by atoms with Gasteiger partial charge in [0.2, 0.25) is 10.0 Å². The largest absolute Gasteiger partial charge is 0.266 e. The molecule has 0 aromatic heterocycles. The van der Waals surface area contributed by atoms with Crippen molar-refractivity contribution >= 4 is 25.7 Å². The molecule has 1 heterocycles. The van der Waals surface area contributed by atoms with Crippen LogP contribution in [0.5, 0.6) is 0 Å². The van der Waals surface area contributed by atoms with Crippen LogP contribution in [0.4, 0.5) is 14.5 Å². The molecule has 1 aliphatic rings. The minimum atomic E-state index is -4.18. The van der Waals surface area contributed by atoms with E-state index in [0.29, 0.717) is 6.07 Å². The fourth-order valence-electron chi connectivity index (χ4n) is 2.78. The molecule has 0 atom stereocenters. The maximum atomic E-state index is 13.9. The monoisotopic (exact) mass is 402 g/mol. The molecular weight excluding hydrogens is 386 g/mol. The van der Waals surface area contributed by atoms with Crippen LogP contribution in [0.2, 0.25) is 0 Å². The predicted octanol–water partition coefficient (Wildman–Crippen LogP) is 1.97. The number of sulfonamides is 2. The van der Waals surface area contributed by atoms with Crippen molar-refractivity contribution in [2.75, 3.05) is 24.9 Å². The summed E-state index contributed by atoms with van der Waals surface area (Å²) in [6.45, 7) is -0.0529. The van der Waals surface area contributed by atoms with Crippen molar-refractivity contribution in [1.29, 1.82) is 0 Å².